The molecule has 2 fully saturated rings. The molecule has 15 nitrogen and oxygen atoms in total. The van der Waals surface area contributed by atoms with Crippen LogP contribution < -0.4 is 20.9 Å². The Kier molecular flexibility index (Phi) is 9.20. The van der Waals surface area contributed by atoms with Gasteiger partial charge >= 0.3 is 19.4 Å². The van der Waals surface area contributed by atoms with E-state index >= 15 is 4.39 Å². The van der Waals surface area contributed by atoms with Crippen molar-refractivity contribution in [3.8, 4) is 5.75 Å². The average molecular weight is 633 g/mol. The molecule has 44 heavy (non-hydrogen) atoms. The highest BCUT2D eigenvalue weighted by Crippen LogP contribution is 2.49. The van der Waals surface area contributed by atoms with Crippen LogP contribution in [0.25, 0.3) is 21.2 Å². The zero-order valence-corrected chi connectivity index (χ0v) is 24.3. The van der Waals surface area contributed by atoms with Crippen LogP contribution in [0, 0.1) is 0 Å². The van der Waals surface area contributed by atoms with E-state index in [9.17, 15) is 29.6 Å². The number of benzene rings is 2. The third-order valence-corrected chi connectivity index (χ3v) is 9.01. The highest BCUT2D eigenvalue weighted by molar-refractivity contribution is 7.52. The molecule has 0 bridgehead atoms. The highest BCUT2D eigenvalue weighted by atomic mass is 31.2. The van der Waals surface area contributed by atoms with E-state index in [0.717, 1.165) is 30.5 Å². The molecule has 1 saturated carbocycles. The molecule has 2 heterocycles. The number of carbonyl (C=O) groups is 1. The lowest BCUT2D eigenvalue weighted by molar-refractivity contribution is -0.150. The smallest absolute Gasteiger partial charge is 0.459 e. The summed E-state index contributed by atoms with van der Waals surface area (Å²) in [5.74, 6) is -0.618. The molecule has 1 unspecified atom stereocenters. The molecule has 3 N–H and O–H groups in total. The van der Waals surface area contributed by atoms with E-state index in [1.165, 1.54) is 13.0 Å². The number of aliphatic hydroxyl groups excluding tert-OH is 1. The molecular weight excluding hydrogens is 602 g/mol. The zero-order valence-electron chi connectivity index (χ0n) is 23.4. The van der Waals surface area contributed by atoms with Crippen molar-refractivity contribution >= 4 is 24.5 Å². The Balaban J connectivity index is 1.44. The van der Waals surface area contributed by atoms with Crippen molar-refractivity contribution in [3.63, 3.8) is 0 Å². The van der Waals surface area contributed by atoms with Crippen molar-refractivity contribution < 1.29 is 37.4 Å². The van der Waals surface area contributed by atoms with E-state index in [4.69, 9.17) is 18.5 Å². The molecule has 17 heteroatoms. The Bertz CT molecular complexity index is 1730. The lowest BCUT2D eigenvalue weighted by atomic mass is 10.1. The number of azide groups is 1. The van der Waals surface area contributed by atoms with Crippen molar-refractivity contribution in [1.82, 2.24) is 14.6 Å². The van der Waals surface area contributed by atoms with Crippen LogP contribution in [0.2, 0.25) is 0 Å². The number of nitrogens with zero attached hydrogens (tertiary/aromatic N) is 4. The summed E-state index contributed by atoms with van der Waals surface area (Å²) in [6.45, 7) is 0.340. The molecule has 0 radical (unpaired) electrons. The molecule has 234 valence electrons. The van der Waals surface area contributed by atoms with Crippen LogP contribution in [0.4, 0.5) is 4.39 Å². The predicted octanol–water partition coefficient (Wildman–Crippen LogP) is 3.59. The minimum absolute atomic E-state index is 0.0991. The van der Waals surface area contributed by atoms with E-state index in [-0.39, 0.29) is 11.9 Å². The number of fused-ring (bicyclic) bond motifs is 1. The molecule has 5 rings (SSSR count). The van der Waals surface area contributed by atoms with Gasteiger partial charge in [0.2, 0.25) is 5.72 Å². The van der Waals surface area contributed by atoms with Crippen LogP contribution in [-0.2, 0) is 23.4 Å². The number of aromatic amines is 1. The van der Waals surface area contributed by atoms with Gasteiger partial charge in [0, 0.05) is 22.6 Å². The lowest BCUT2D eigenvalue weighted by Gasteiger charge is -2.30. The summed E-state index contributed by atoms with van der Waals surface area (Å²) in [5.41, 5.74) is 4.90. The zero-order chi connectivity index (χ0) is 31.5. The second-order valence-electron chi connectivity index (χ2n) is 10.5. The largest absolute Gasteiger partial charge is 0.461 e. The van der Waals surface area contributed by atoms with Gasteiger partial charge in [-0.2, -0.15) is 5.09 Å². The Morgan fingerprint density at radius 1 is 1.27 bits per heavy atom. The molecule has 0 spiro atoms. The maximum absolute atomic E-state index is 15.4. The summed E-state index contributed by atoms with van der Waals surface area (Å²) in [5, 5.41) is 18.0. The maximum atomic E-state index is 15.4. The first-order valence-corrected chi connectivity index (χ1v) is 15.4. The Morgan fingerprint density at radius 3 is 2.73 bits per heavy atom. The van der Waals surface area contributed by atoms with Crippen molar-refractivity contribution in [3.05, 3.63) is 86.0 Å². The second kappa shape index (κ2) is 12.9. The summed E-state index contributed by atoms with van der Waals surface area (Å²) in [6.07, 6.45) is -2.57. The summed E-state index contributed by atoms with van der Waals surface area (Å²) in [7, 11) is -4.64. The van der Waals surface area contributed by atoms with Crippen LogP contribution >= 0.6 is 7.75 Å². The van der Waals surface area contributed by atoms with Crippen molar-refractivity contribution in [2.45, 2.75) is 69.0 Å². The minimum atomic E-state index is -4.64. The van der Waals surface area contributed by atoms with Crippen LogP contribution in [0.3, 0.4) is 0 Å². The molecule has 3 aromatic rings. The Labute approximate surface area is 249 Å². The summed E-state index contributed by atoms with van der Waals surface area (Å²) >= 11 is 0. The van der Waals surface area contributed by atoms with E-state index < -0.39 is 61.8 Å². The molecule has 1 saturated heterocycles. The van der Waals surface area contributed by atoms with Crippen LogP contribution in [-0.4, -0.2) is 57.4 Å². The molecule has 6 atom stereocenters. The second-order valence-corrected chi connectivity index (χ2v) is 12.2. The predicted molar refractivity (Wildman–Crippen MR) is 153 cm³/mol. The fourth-order valence-corrected chi connectivity index (χ4v) is 6.66. The highest BCUT2D eigenvalue weighted by Gasteiger charge is 2.57. The van der Waals surface area contributed by atoms with Gasteiger partial charge in [0.05, 0.1) is 6.61 Å². The standard InChI is InChI=1S/C27H30FN6O9P/c1-16(25(37)41-18-9-3-4-10-18)31-44(39,43-20-12-6-8-17-7-2-5-11-19(17)20)40-15-27(32-33-29)23(36)22(28)24(42-27)34-14-13-21(35)30-26(34)38/h2,5-8,11-14,16,18,22-24,36H,3-4,9-10,15H2,1H3,(H,31,39)(H,30,35,38)/t16-,22+,23-,24+,27+,44?/m0/s1. The third kappa shape index (κ3) is 6.55. The van der Waals surface area contributed by atoms with Gasteiger partial charge in [0.15, 0.2) is 12.4 Å². The number of carbonyl (C=O) groups excluding carboxylic acids is 1. The summed E-state index contributed by atoms with van der Waals surface area (Å²) in [6, 6.07) is 11.7. The first-order chi connectivity index (χ1) is 21.0. The van der Waals surface area contributed by atoms with Gasteiger partial charge in [0.25, 0.3) is 5.56 Å². The monoisotopic (exact) mass is 632 g/mol. The van der Waals surface area contributed by atoms with Crippen LogP contribution in [0.5, 0.6) is 5.75 Å². The van der Waals surface area contributed by atoms with Crippen molar-refractivity contribution in [2.24, 2.45) is 5.11 Å². The fourth-order valence-electron chi connectivity index (χ4n) is 5.13. The minimum Gasteiger partial charge on any atom is -0.461 e. The van der Waals surface area contributed by atoms with E-state index in [1.807, 2.05) is 4.98 Å². The molecule has 2 aliphatic rings. The van der Waals surface area contributed by atoms with Gasteiger partial charge in [0.1, 0.15) is 24.0 Å². The number of halogens is 1. The lowest BCUT2D eigenvalue weighted by Crippen LogP contribution is -2.45. The number of ether oxygens (including phenoxy) is 2. The summed E-state index contributed by atoms with van der Waals surface area (Å²) < 4.78 is 52.8. The molecule has 1 aliphatic heterocycles. The number of aliphatic hydroxyl groups is 1. The first kappa shape index (κ1) is 31.4. The summed E-state index contributed by atoms with van der Waals surface area (Å²) in [4.78, 5) is 41.2. The average Bonchev–Trinajstić information content (AvgIpc) is 3.59. The first-order valence-electron chi connectivity index (χ1n) is 13.8. The SMILES string of the molecule is C[C@H](NP(=O)(OC[C@@]1(N=[N+]=[N-])O[C@@H](n2ccc(=O)[nH]c2=O)[C@H](F)[C@@H]1O)Oc1cccc2ccccc12)C(=O)OC1CCCC1. The van der Waals surface area contributed by atoms with Crippen LogP contribution in [0.1, 0.15) is 38.8 Å². The van der Waals surface area contributed by atoms with E-state index in [2.05, 4.69) is 15.1 Å². The maximum Gasteiger partial charge on any atom is 0.459 e. The Hall–Kier alpha value is -4.04. The quantitative estimate of drug-likeness (QED) is 0.0920. The number of H-pyrrole nitrogens is 1. The molecule has 1 aromatic heterocycles. The number of rotatable bonds is 11. The van der Waals surface area contributed by atoms with Crippen molar-refractivity contribution in [2.75, 3.05) is 6.61 Å². The van der Waals surface area contributed by atoms with E-state index in [0.29, 0.717) is 22.8 Å². The molecular formula is C27H30FN6O9P. The third-order valence-electron chi connectivity index (χ3n) is 7.40. The van der Waals surface area contributed by atoms with Gasteiger partial charge in [-0.15, -0.1) is 0 Å². The Morgan fingerprint density at radius 2 is 2.00 bits per heavy atom. The van der Waals surface area contributed by atoms with Gasteiger partial charge < -0.3 is 19.1 Å². The number of aromatic nitrogens is 2. The topological polar surface area (TPSA) is 207 Å². The fraction of sp³-hybridized carbons (Fsp3) is 0.444. The number of hydrogen-bond donors (Lipinski definition) is 3. The van der Waals surface area contributed by atoms with Gasteiger partial charge in [-0.1, -0.05) is 41.5 Å². The van der Waals surface area contributed by atoms with Crippen LogP contribution in [0.15, 0.2) is 69.4 Å². The van der Waals surface area contributed by atoms with Crippen molar-refractivity contribution in [1.29, 1.82) is 0 Å². The number of alkyl halides is 1. The number of esters is 1. The van der Waals surface area contributed by atoms with Gasteiger partial charge in [-0.05, 0) is 49.6 Å². The molecule has 0 amide bonds. The number of nitrogens with one attached hydrogen (secondary N) is 2. The number of hydrogen-bond acceptors (Lipinski definition) is 10. The molecule has 1 aliphatic carbocycles. The van der Waals surface area contributed by atoms with Gasteiger partial charge in [-0.3, -0.25) is 23.7 Å². The van der Waals surface area contributed by atoms with Gasteiger partial charge in [-0.25, -0.2) is 13.8 Å². The molecule has 2 aromatic carbocycles. The normalized spacial score (nSPS) is 25.7. The van der Waals surface area contributed by atoms with E-state index in [1.54, 1.807) is 36.4 Å².